The van der Waals surface area contributed by atoms with Crippen molar-refractivity contribution in [3.8, 4) is 34.4 Å². The SMILES string of the molecule is N#C/C(=C\c1ccc2c(-c3ccccc3)c(/C=C(/C#N)c3ccccc3)ccc2c1-c1ccccc1)c1ccccc1. The van der Waals surface area contributed by atoms with Crippen molar-refractivity contribution in [2.24, 2.45) is 0 Å². The van der Waals surface area contributed by atoms with Gasteiger partial charge >= 0.3 is 0 Å². The summed E-state index contributed by atoms with van der Waals surface area (Å²) in [6.07, 6.45) is 3.96. The standard InChI is InChI=1S/C40H26N2/c41-27-35(29-13-5-1-6-14-29)25-33-21-23-38-37(39(33)31-17-9-3-10-18-31)24-22-34(40(38)32-19-11-4-12-20-32)26-36(28-42)30-15-7-2-8-16-30/h1-26H/b35-25-,36-26+. The van der Waals surface area contributed by atoms with Gasteiger partial charge in [0.2, 0.25) is 0 Å². The Morgan fingerprint density at radius 1 is 0.405 bits per heavy atom. The lowest BCUT2D eigenvalue weighted by molar-refractivity contribution is 1.52. The van der Waals surface area contributed by atoms with Crippen molar-refractivity contribution in [2.45, 2.75) is 0 Å². The summed E-state index contributed by atoms with van der Waals surface area (Å²) in [6, 6.07) is 53.5. The number of nitrogens with zero attached hydrogens (tertiary/aromatic N) is 2. The fraction of sp³-hybridized carbons (Fsp3) is 0. The van der Waals surface area contributed by atoms with Crippen molar-refractivity contribution in [3.05, 3.63) is 168 Å². The Kier molecular flexibility index (Phi) is 7.54. The molecule has 0 aliphatic carbocycles. The van der Waals surface area contributed by atoms with Crippen LogP contribution in [-0.2, 0) is 0 Å². The van der Waals surface area contributed by atoms with Gasteiger partial charge in [0.05, 0.1) is 23.3 Å². The molecule has 0 amide bonds. The number of nitriles is 2. The summed E-state index contributed by atoms with van der Waals surface area (Å²) >= 11 is 0. The van der Waals surface area contributed by atoms with Crippen LogP contribution in [0.1, 0.15) is 22.3 Å². The van der Waals surface area contributed by atoms with Crippen molar-refractivity contribution >= 4 is 34.1 Å². The van der Waals surface area contributed by atoms with Crippen LogP contribution in [-0.4, -0.2) is 0 Å². The van der Waals surface area contributed by atoms with Gasteiger partial charge in [-0.15, -0.1) is 0 Å². The molecule has 0 aromatic heterocycles. The van der Waals surface area contributed by atoms with Crippen LogP contribution < -0.4 is 0 Å². The summed E-state index contributed by atoms with van der Waals surface area (Å²) in [4.78, 5) is 0. The topological polar surface area (TPSA) is 47.6 Å². The van der Waals surface area contributed by atoms with Crippen LogP contribution in [0.5, 0.6) is 0 Å². The molecule has 0 spiro atoms. The fourth-order valence-corrected chi connectivity index (χ4v) is 5.44. The quantitative estimate of drug-likeness (QED) is 0.158. The Bertz CT molecular complexity index is 1860. The molecule has 2 nitrogen and oxygen atoms in total. The van der Waals surface area contributed by atoms with E-state index in [1.54, 1.807) is 0 Å². The highest BCUT2D eigenvalue weighted by atomic mass is 14.3. The summed E-state index contributed by atoms with van der Waals surface area (Å²) in [5, 5.41) is 22.3. The van der Waals surface area contributed by atoms with E-state index in [0.717, 1.165) is 55.3 Å². The third-order valence-electron chi connectivity index (χ3n) is 7.40. The first-order chi connectivity index (χ1) is 20.8. The van der Waals surface area contributed by atoms with Crippen molar-refractivity contribution < 1.29 is 0 Å². The van der Waals surface area contributed by atoms with E-state index in [2.05, 4.69) is 60.7 Å². The van der Waals surface area contributed by atoms with Crippen molar-refractivity contribution in [1.29, 1.82) is 10.5 Å². The van der Waals surface area contributed by atoms with Crippen molar-refractivity contribution in [2.75, 3.05) is 0 Å². The molecule has 0 aliphatic rings. The highest BCUT2D eigenvalue weighted by Gasteiger charge is 2.16. The van der Waals surface area contributed by atoms with E-state index in [1.165, 1.54) is 0 Å². The maximum atomic E-state index is 10.1. The highest BCUT2D eigenvalue weighted by molar-refractivity contribution is 6.11. The van der Waals surface area contributed by atoms with Crippen molar-refractivity contribution in [1.82, 2.24) is 0 Å². The molecule has 42 heavy (non-hydrogen) atoms. The molecule has 0 heterocycles. The Morgan fingerprint density at radius 3 is 1.07 bits per heavy atom. The van der Waals surface area contributed by atoms with Gasteiger partial charge in [-0.3, -0.25) is 0 Å². The Hall–Kier alpha value is -5.96. The van der Waals surface area contributed by atoms with Gasteiger partial charge in [0, 0.05) is 0 Å². The molecule has 0 bridgehead atoms. The van der Waals surface area contributed by atoms with E-state index in [-0.39, 0.29) is 0 Å². The molecular weight excluding hydrogens is 508 g/mol. The number of fused-ring (bicyclic) bond motifs is 1. The molecule has 0 saturated carbocycles. The maximum absolute atomic E-state index is 10.1. The molecule has 0 atom stereocenters. The van der Waals surface area contributed by atoms with Gasteiger partial charge in [-0.25, -0.2) is 0 Å². The minimum absolute atomic E-state index is 0.608. The van der Waals surface area contributed by atoms with Gasteiger partial charge in [-0.05, 0) is 67.4 Å². The van der Waals surface area contributed by atoms with E-state index in [4.69, 9.17) is 0 Å². The van der Waals surface area contributed by atoms with Gasteiger partial charge in [0.1, 0.15) is 0 Å². The van der Waals surface area contributed by atoms with Crippen LogP contribution in [0, 0.1) is 22.7 Å². The zero-order chi connectivity index (χ0) is 28.7. The largest absolute Gasteiger partial charge is 0.192 e. The number of hydrogen-bond donors (Lipinski definition) is 0. The van der Waals surface area contributed by atoms with E-state index in [9.17, 15) is 10.5 Å². The Morgan fingerprint density at radius 2 is 0.738 bits per heavy atom. The molecule has 6 aromatic rings. The van der Waals surface area contributed by atoms with E-state index >= 15 is 0 Å². The van der Waals surface area contributed by atoms with Crippen molar-refractivity contribution in [3.63, 3.8) is 0 Å². The van der Waals surface area contributed by atoms with Gasteiger partial charge < -0.3 is 0 Å². The summed E-state index contributed by atoms with van der Waals surface area (Å²) in [7, 11) is 0. The highest BCUT2D eigenvalue weighted by Crippen LogP contribution is 2.41. The first-order valence-corrected chi connectivity index (χ1v) is 13.8. The average molecular weight is 535 g/mol. The molecule has 0 unspecified atom stereocenters. The molecule has 6 rings (SSSR count). The Labute approximate surface area is 246 Å². The second-order valence-electron chi connectivity index (χ2n) is 9.96. The molecule has 2 heteroatoms. The first kappa shape index (κ1) is 26.3. The van der Waals surface area contributed by atoms with Gasteiger partial charge in [0.15, 0.2) is 0 Å². The van der Waals surface area contributed by atoms with Crippen LogP contribution in [0.15, 0.2) is 146 Å². The maximum Gasteiger partial charge on any atom is 0.0998 e. The molecule has 196 valence electrons. The predicted octanol–water partition coefficient (Wildman–Crippen LogP) is 10.3. The number of rotatable bonds is 6. The first-order valence-electron chi connectivity index (χ1n) is 13.8. The van der Waals surface area contributed by atoms with Crippen LogP contribution in [0.2, 0.25) is 0 Å². The lowest BCUT2D eigenvalue weighted by Gasteiger charge is -2.17. The lowest BCUT2D eigenvalue weighted by Crippen LogP contribution is -1.93. The molecule has 6 aromatic carbocycles. The molecule has 0 saturated heterocycles. The molecular formula is C40H26N2. The van der Waals surface area contributed by atoms with Crippen LogP contribution in [0.25, 0.3) is 56.3 Å². The minimum Gasteiger partial charge on any atom is -0.192 e. The normalized spacial score (nSPS) is 11.6. The van der Waals surface area contributed by atoms with Gasteiger partial charge in [-0.1, -0.05) is 146 Å². The molecule has 0 fully saturated rings. The molecule has 0 radical (unpaired) electrons. The molecule has 0 N–H and O–H groups in total. The monoisotopic (exact) mass is 534 g/mol. The second kappa shape index (κ2) is 12.1. The third kappa shape index (κ3) is 5.26. The van der Waals surface area contributed by atoms with E-state index < -0.39 is 0 Å². The van der Waals surface area contributed by atoms with Crippen LogP contribution in [0.3, 0.4) is 0 Å². The number of hydrogen-bond acceptors (Lipinski definition) is 2. The summed E-state index contributed by atoms with van der Waals surface area (Å²) in [5.74, 6) is 0. The third-order valence-corrected chi connectivity index (χ3v) is 7.40. The zero-order valence-electron chi connectivity index (χ0n) is 22.9. The van der Waals surface area contributed by atoms with Gasteiger partial charge in [0.25, 0.3) is 0 Å². The van der Waals surface area contributed by atoms with E-state index in [1.807, 2.05) is 109 Å². The molecule has 0 aliphatic heterocycles. The van der Waals surface area contributed by atoms with Crippen LogP contribution in [0.4, 0.5) is 0 Å². The average Bonchev–Trinajstić information content (AvgIpc) is 3.07. The summed E-state index contributed by atoms with van der Waals surface area (Å²) in [6.45, 7) is 0. The second-order valence-corrected chi connectivity index (χ2v) is 9.96. The zero-order valence-corrected chi connectivity index (χ0v) is 22.9. The number of allylic oxidation sites excluding steroid dienone is 2. The van der Waals surface area contributed by atoms with Gasteiger partial charge in [-0.2, -0.15) is 10.5 Å². The van der Waals surface area contributed by atoms with E-state index in [0.29, 0.717) is 11.1 Å². The lowest BCUT2D eigenvalue weighted by atomic mass is 9.86. The predicted molar refractivity (Wildman–Crippen MR) is 175 cm³/mol. The smallest absolute Gasteiger partial charge is 0.0998 e. The number of benzene rings is 6. The Balaban J connectivity index is 1.66. The minimum atomic E-state index is 0.608. The summed E-state index contributed by atoms with van der Waals surface area (Å²) in [5.41, 5.74) is 9.20. The summed E-state index contributed by atoms with van der Waals surface area (Å²) < 4.78 is 0. The fourth-order valence-electron chi connectivity index (χ4n) is 5.44. The van der Waals surface area contributed by atoms with Crippen LogP contribution >= 0.6 is 0 Å².